The van der Waals surface area contributed by atoms with Gasteiger partial charge in [-0.1, -0.05) is 36.4 Å². The Hall–Kier alpha value is -2.14. The quantitative estimate of drug-likeness (QED) is 0.438. The van der Waals surface area contributed by atoms with Gasteiger partial charge in [-0.15, -0.1) is 0 Å². The average Bonchev–Trinajstić information content (AvgIpc) is 2.62. The second kappa shape index (κ2) is 8.81. The molecule has 0 bridgehead atoms. The number of halogens is 1. The largest absolute Gasteiger partial charge is 1.00 e. The molecule has 2 aromatic carbocycles. The predicted octanol–water partition coefficient (Wildman–Crippen LogP) is 1.42. The molecule has 25 heavy (non-hydrogen) atoms. The van der Waals surface area contributed by atoms with E-state index in [1.54, 1.807) is 0 Å². The van der Waals surface area contributed by atoms with Crippen LogP contribution in [0.15, 0.2) is 72.9 Å². The Bertz CT molecular complexity index is 835. The number of hydrogen-bond acceptors (Lipinski definition) is 1. The van der Waals surface area contributed by atoms with Crippen LogP contribution in [-0.2, 0) is 7.05 Å². The third-order valence-electron chi connectivity index (χ3n) is 4.17. The number of aryl methyl sites for hydroxylation is 1. The molecule has 0 saturated heterocycles. The van der Waals surface area contributed by atoms with Crippen LogP contribution in [0, 0.1) is 0 Å². The highest BCUT2D eigenvalue weighted by molar-refractivity contribution is 5.71. The van der Waals surface area contributed by atoms with Crippen LogP contribution in [-0.4, -0.2) is 14.1 Å². The van der Waals surface area contributed by atoms with Crippen molar-refractivity contribution in [3.05, 3.63) is 84.2 Å². The van der Waals surface area contributed by atoms with E-state index in [1.165, 1.54) is 28.1 Å². The van der Waals surface area contributed by atoms with Gasteiger partial charge in [0.15, 0.2) is 6.20 Å². The molecule has 0 aliphatic carbocycles. The van der Waals surface area contributed by atoms with Gasteiger partial charge >= 0.3 is 0 Å². The van der Waals surface area contributed by atoms with Crippen LogP contribution >= 0.6 is 0 Å². The van der Waals surface area contributed by atoms with Crippen molar-refractivity contribution in [3.8, 4) is 11.1 Å². The molecule has 0 saturated carbocycles. The summed E-state index contributed by atoms with van der Waals surface area (Å²) in [6.07, 6.45) is 6.34. The minimum atomic E-state index is 0. The Labute approximate surface area is 167 Å². The molecule has 3 rings (SSSR count). The van der Waals surface area contributed by atoms with E-state index < -0.39 is 0 Å². The number of hydrogen-bond donors (Lipinski definition) is 0. The van der Waals surface area contributed by atoms with Gasteiger partial charge < -0.3 is 28.9 Å². The van der Waals surface area contributed by atoms with Crippen molar-refractivity contribution in [3.63, 3.8) is 0 Å². The molecule has 0 amide bonds. The molecule has 0 N–H and O–H groups in total. The lowest BCUT2D eigenvalue weighted by Gasteiger charge is -2.12. The van der Waals surface area contributed by atoms with E-state index in [1.807, 2.05) is 6.07 Å². The van der Waals surface area contributed by atoms with Gasteiger partial charge in [0.1, 0.15) is 7.05 Å². The molecular formula is C22H23IN2. The average molecular weight is 442 g/mol. The summed E-state index contributed by atoms with van der Waals surface area (Å²) >= 11 is 0. The Morgan fingerprint density at radius 1 is 0.760 bits per heavy atom. The fourth-order valence-corrected chi connectivity index (χ4v) is 2.63. The molecule has 1 heterocycles. The number of nitrogens with zero attached hydrogens (tertiary/aromatic N) is 2. The smallest absolute Gasteiger partial charge is 0.204 e. The molecule has 3 aromatic rings. The van der Waals surface area contributed by atoms with Crippen molar-refractivity contribution in [2.24, 2.45) is 7.05 Å². The van der Waals surface area contributed by atoms with Gasteiger partial charge in [0.25, 0.3) is 0 Å². The van der Waals surface area contributed by atoms with Crippen LogP contribution in [0.4, 0.5) is 5.69 Å². The lowest BCUT2D eigenvalue weighted by molar-refractivity contribution is -0.673. The molecule has 128 valence electrons. The van der Waals surface area contributed by atoms with Gasteiger partial charge in [0.2, 0.25) is 5.69 Å². The molecule has 0 spiro atoms. The number of rotatable bonds is 4. The van der Waals surface area contributed by atoms with Gasteiger partial charge in [-0.2, -0.15) is 0 Å². The first-order valence-corrected chi connectivity index (χ1v) is 8.14. The second-order valence-corrected chi connectivity index (χ2v) is 6.13. The van der Waals surface area contributed by atoms with Crippen LogP contribution in [0.25, 0.3) is 23.3 Å². The topological polar surface area (TPSA) is 7.12 Å². The number of aromatic nitrogens is 1. The summed E-state index contributed by atoms with van der Waals surface area (Å²) in [5.74, 6) is 0. The number of pyridine rings is 1. The molecule has 3 heteroatoms. The third-order valence-corrected chi connectivity index (χ3v) is 4.17. The predicted molar refractivity (Wildman–Crippen MR) is 103 cm³/mol. The zero-order valence-corrected chi connectivity index (χ0v) is 17.0. The lowest BCUT2D eigenvalue weighted by Crippen LogP contribution is -3.00. The molecule has 0 fully saturated rings. The summed E-state index contributed by atoms with van der Waals surface area (Å²) in [6.45, 7) is 0. The maximum atomic E-state index is 2.18. The molecular weight excluding hydrogens is 419 g/mol. The molecule has 2 nitrogen and oxygen atoms in total. The molecule has 0 atom stereocenters. The number of anilines is 1. The van der Waals surface area contributed by atoms with Crippen LogP contribution in [0.1, 0.15) is 11.3 Å². The second-order valence-electron chi connectivity index (χ2n) is 6.13. The van der Waals surface area contributed by atoms with Gasteiger partial charge in [-0.3, -0.25) is 0 Å². The van der Waals surface area contributed by atoms with Gasteiger partial charge in [-0.25, -0.2) is 4.57 Å². The minimum absolute atomic E-state index is 0. The monoisotopic (exact) mass is 442 g/mol. The summed E-state index contributed by atoms with van der Waals surface area (Å²) in [7, 11) is 6.17. The summed E-state index contributed by atoms with van der Waals surface area (Å²) in [5, 5.41) is 0. The summed E-state index contributed by atoms with van der Waals surface area (Å²) in [6, 6.07) is 23.5. The van der Waals surface area contributed by atoms with Crippen LogP contribution in [0.3, 0.4) is 0 Å². The van der Waals surface area contributed by atoms with Crippen LogP contribution in [0.2, 0.25) is 0 Å². The Morgan fingerprint density at radius 2 is 1.36 bits per heavy atom. The SMILES string of the molecule is CN(C)c1ccc(-c2ccc(/C=C/c3cccc[n+]3C)cc2)cc1.[I-]. The van der Waals surface area contributed by atoms with Crippen molar-refractivity contribution >= 4 is 17.8 Å². The zero-order valence-electron chi connectivity index (χ0n) is 14.9. The van der Waals surface area contributed by atoms with E-state index >= 15 is 0 Å². The minimum Gasteiger partial charge on any atom is -1.00 e. The Balaban J connectivity index is 0.00000225. The van der Waals surface area contributed by atoms with E-state index in [2.05, 4.69) is 110 Å². The summed E-state index contributed by atoms with van der Waals surface area (Å²) in [4.78, 5) is 2.11. The highest BCUT2D eigenvalue weighted by Gasteiger charge is 2.01. The maximum absolute atomic E-state index is 2.18. The van der Waals surface area contributed by atoms with E-state index in [0.717, 1.165) is 0 Å². The standard InChI is InChI=1S/C22H23N2.HI/c1-23(2)21-15-12-20(13-16-21)19-10-7-18(8-11-19)9-14-22-6-4-5-17-24(22)3;/h4-17H,1-3H3;1H/q+1;/p-1. The summed E-state index contributed by atoms with van der Waals surface area (Å²) < 4.78 is 2.11. The highest BCUT2D eigenvalue weighted by Crippen LogP contribution is 2.23. The van der Waals surface area contributed by atoms with Crippen LogP contribution < -0.4 is 33.4 Å². The zero-order chi connectivity index (χ0) is 16.9. The van der Waals surface area contributed by atoms with Crippen molar-refractivity contribution in [2.75, 3.05) is 19.0 Å². The molecule has 0 unspecified atom stereocenters. The Morgan fingerprint density at radius 3 is 1.92 bits per heavy atom. The van der Waals surface area contributed by atoms with E-state index in [-0.39, 0.29) is 24.0 Å². The fourth-order valence-electron chi connectivity index (χ4n) is 2.63. The maximum Gasteiger partial charge on any atom is 0.204 e. The Kier molecular flexibility index (Phi) is 6.76. The highest BCUT2D eigenvalue weighted by atomic mass is 127. The van der Waals surface area contributed by atoms with Crippen molar-refractivity contribution in [1.82, 2.24) is 0 Å². The first-order valence-electron chi connectivity index (χ1n) is 8.14. The van der Waals surface area contributed by atoms with E-state index in [0.29, 0.717) is 0 Å². The molecule has 0 radical (unpaired) electrons. The molecule has 1 aromatic heterocycles. The molecule has 0 aliphatic rings. The van der Waals surface area contributed by atoms with Crippen molar-refractivity contribution < 1.29 is 28.5 Å². The van der Waals surface area contributed by atoms with Gasteiger partial charge in [-0.05, 0) is 41.0 Å². The van der Waals surface area contributed by atoms with Crippen LogP contribution in [0.5, 0.6) is 0 Å². The first-order chi connectivity index (χ1) is 11.6. The van der Waals surface area contributed by atoms with Gasteiger partial charge in [0, 0.05) is 38.0 Å². The fraction of sp³-hybridized carbons (Fsp3) is 0.136. The number of benzene rings is 2. The first kappa shape index (κ1) is 19.2. The third kappa shape index (κ3) is 4.92. The lowest BCUT2D eigenvalue weighted by atomic mass is 10.0. The van der Waals surface area contributed by atoms with Crippen molar-refractivity contribution in [1.29, 1.82) is 0 Å². The van der Waals surface area contributed by atoms with Crippen molar-refractivity contribution in [2.45, 2.75) is 0 Å². The van der Waals surface area contributed by atoms with Gasteiger partial charge in [0.05, 0.1) is 0 Å². The summed E-state index contributed by atoms with van der Waals surface area (Å²) in [5.41, 5.74) is 6.08. The van der Waals surface area contributed by atoms with E-state index in [4.69, 9.17) is 0 Å². The normalized spacial score (nSPS) is 10.5. The molecule has 0 aliphatic heterocycles. The van der Waals surface area contributed by atoms with E-state index in [9.17, 15) is 0 Å².